The number of benzene rings is 2. The molecule has 0 radical (unpaired) electrons. The highest BCUT2D eigenvalue weighted by molar-refractivity contribution is 7.91. The van der Waals surface area contributed by atoms with Crippen molar-refractivity contribution in [2.45, 2.75) is 36.8 Å². The molecule has 1 heterocycles. The maximum absolute atomic E-state index is 13.0. The lowest BCUT2D eigenvalue weighted by atomic mass is 10.1. The highest BCUT2D eigenvalue weighted by Gasteiger charge is 2.29. The molecule has 1 aliphatic rings. The smallest absolute Gasteiger partial charge is 0.341 e. The summed E-state index contributed by atoms with van der Waals surface area (Å²) in [6, 6.07) is 9.18. The molecule has 1 fully saturated rings. The second-order valence-electron chi connectivity index (χ2n) is 7.58. The number of nitrogens with one attached hydrogen (secondary N) is 1. The van der Waals surface area contributed by atoms with Crippen LogP contribution in [0.5, 0.6) is 11.5 Å². The molecule has 3 rings (SSSR count). The standard InChI is InChI=1S/C23H26F2N2O6S/c1-2-32-19-14-16(10-11-18(19)33-15-21(28)27-12-6-3-7-13-27)22(29)26-17-8-4-5-9-20(17)34(30,31)23(24)25/h4-5,8-11,14,23H,2-3,6-7,12-13,15H2,1H3,(H,26,29). The fourth-order valence-electron chi connectivity index (χ4n) is 3.52. The van der Waals surface area contributed by atoms with E-state index in [0.717, 1.165) is 25.3 Å². The van der Waals surface area contributed by atoms with Crippen LogP contribution in [-0.4, -0.2) is 57.2 Å². The minimum absolute atomic E-state index is 0.0856. The van der Waals surface area contributed by atoms with Gasteiger partial charge in [-0.05, 0) is 56.5 Å². The number of amides is 2. The fourth-order valence-corrected chi connectivity index (χ4v) is 4.41. The van der Waals surface area contributed by atoms with Crippen molar-refractivity contribution in [2.24, 2.45) is 0 Å². The summed E-state index contributed by atoms with van der Waals surface area (Å²) in [5, 5.41) is 2.36. The molecule has 184 valence electrons. The summed E-state index contributed by atoms with van der Waals surface area (Å²) >= 11 is 0. The normalized spacial score (nSPS) is 14.1. The second kappa shape index (κ2) is 11.3. The molecule has 0 spiro atoms. The van der Waals surface area contributed by atoms with Crippen molar-refractivity contribution < 1.29 is 36.3 Å². The van der Waals surface area contributed by atoms with Gasteiger partial charge in [0.15, 0.2) is 18.1 Å². The van der Waals surface area contributed by atoms with E-state index < -0.39 is 26.4 Å². The molecule has 0 aromatic heterocycles. The quantitative estimate of drug-likeness (QED) is 0.568. The van der Waals surface area contributed by atoms with Crippen molar-refractivity contribution in [1.29, 1.82) is 0 Å². The summed E-state index contributed by atoms with van der Waals surface area (Å²) in [4.78, 5) is 26.2. The van der Waals surface area contributed by atoms with Gasteiger partial charge in [-0.3, -0.25) is 9.59 Å². The van der Waals surface area contributed by atoms with E-state index in [1.165, 1.54) is 36.4 Å². The van der Waals surface area contributed by atoms with Crippen LogP contribution in [0.4, 0.5) is 14.5 Å². The Bertz CT molecular complexity index is 1130. The van der Waals surface area contributed by atoms with Gasteiger partial charge < -0.3 is 19.7 Å². The Kier molecular flexibility index (Phi) is 8.43. The number of anilines is 1. The van der Waals surface area contributed by atoms with Crippen LogP contribution in [0, 0.1) is 0 Å². The first-order chi connectivity index (χ1) is 16.2. The van der Waals surface area contributed by atoms with Gasteiger partial charge in [0.1, 0.15) is 0 Å². The number of hydrogen-bond acceptors (Lipinski definition) is 6. The van der Waals surface area contributed by atoms with E-state index in [1.54, 1.807) is 11.8 Å². The predicted octanol–water partition coefficient (Wildman–Crippen LogP) is 3.73. The summed E-state index contributed by atoms with van der Waals surface area (Å²) in [6.45, 7) is 3.22. The van der Waals surface area contributed by atoms with Crippen molar-refractivity contribution in [3.63, 3.8) is 0 Å². The average Bonchev–Trinajstić information content (AvgIpc) is 2.83. The molecule has 0 saturated carbocycles. The van der Waals surface area contributed by atoms with Gasteiger partial charge in [-0.2, -0.15) is 8.78 Å². The first-order valence-corrected chi connectivity index (χ1v) is 12.4. The molecular formula is C23H26F2N2O6S. The zero-order valence-electron chi connectivity index (χ0n) is 18.6. The van der Waals surface area contributed by atoms with Crippen LogP contribution in [0.2, 0.25) is 0 Å². The van der Waals surface area contributed by atoms with Crippen molar-refractivity contribution >= 4 is 27.3 Å². The van der Waals surface area contributed by atoms with E-state index in [4.69, 9.17) is 9.47 Å². The zero-order chi connectivity index (χ0) is 24.7. The number of para-hydroxylation sites is 1. The lowest BCUT2D eigenvalue weighted by Crippen LogP contribution is -2.38. The number of rotatable bonds is 9. The number of piperidine rings is 1. The molecule has 34 heavy (non-hydrogen) atoms. The van der Waals surface area contributed by atoms with Gasteiger partial charge in [0, 0.05) is 18.7 Å². The first kappa shape index (κ1) is 25.4. The Morgan fingerprint density at radius 1 is 1.03 bits per heavy atom. The summed E-state index contributed by atoms with van der Waals surface area (Å²) in [5.41, 5.74) is -0.180. The van der Waals surface area contributed by atoms with Gasteiger partial charge in [-0.1, -0.05) is 12.1 Å². The zero-order valence-corrected chi connectivity index (χ0v) is 19.4. The number of alkyl halides is 2. The van der Waals surface area contributed by atoms with E-state index in [-0.39, 0.29) is 41.9 Å². The molecule has 1 saturated heterocycles. The molecule has 0 bridgehead atoms. The molecule has 0 unspecified atom stereocenters. The maximum atomic E-state index is 13.0. The molecule has 11 heteroatoms. The van der Waals surface area contributed by atoms with Gasteiger partial charge in [0.2, 0.25) is 9.84 Å². The van der Waals surface area contributed by atoms with Crippen molar-refractivity contribution in [3.05, 3.63) is 48.0 Å². The first-order valence-electron chi connectivity index (χ1n) is 10.8. The van der Waals surface area contributed by atoms with Crippen LogP contribution in [-0.2, 0) is 14.6 Å². The predicted molar refractivity (Wildman–Crippen MR) is 121 cm³/mol. The second-order valence-corrected chi connectivity index (χ2v) is 9.47. The largest absolute Gasteiger partial charge is 0.490 e. The molecule has 8 nitrogen and oxygen atoms in total. The Balaban J connectivity index is 1.76. The number of sulfone groups is 1. The fraction of sp³-hybridized carbons (Fsp3) is 0.391. The molecule has 1 aliphatic heterocycles. The van der Waals surface area contributed by atoms with Crippen molar-refractivity contribution in [3.8, 4) is 11.5 Å². The lowest BCUT2D eigenvalue weighted by Gasteiger charge is -2.26. The van der Waals surface area contributed by atoms with Crippen LogP contribution >= 0.6 is 0 Å². The maximum Gasteiger partial charge on any atom is 0.341 e. The van der Waals surface area contributed by atoms with E-state index >= 15 is 0 Å². The van der Waals surface area contributed by atoms with Crippen molar-refractivity contribution in [1.82, 2.24) is 4.90 Å². The summed E-state index contributed by atoms with van der Waals surface area (Å²) in [5.74, 6) is -4.01. The van der Waals surface area contributed by atoms with Crippen molar-refractivity contribution in [2.75, 3.05) is 31.6 Å². The lowest BCUT2D eigenvalue weighted by molar-refractivity contribution is -0.134. The topological polar surface area (TPSA) is 102 Å². The summed E-state index contributed by atoms with van der Waals surface area (Å²) in [7, 11) is -4.91. The van der Waals surface area contributed by atoms with E-state index in [1.807, 2.05) is 0 Å². The van der Waals surface area contributed by atoms with E-state index in [9.17, 15) is 26.8 Å². The molecule has 1 N–H and O–H groups in total. The number of hydrogen-bond donors (Lipinski definition) is 1. The Morgan fingerprint density at radius 3 is 2.41 bits per heavy atom. The molecule has 2 aromatic carbocycles. The molecule has 2 amide bonds. The van der Waals surface area contributed by atoms with Crippen LogP contribution in [0.1, 0.15) is 36.5 Å². The highest BCUT2D eigenvalue weighted by Crippen LogP contribution is 2.30. The Morgan fingerprint density at radius 2 is 1.74 bits per heavy atom. The van der Waals surface area contributed by atoms with Crippen LogP contribution in [0.15, 0.2) is 47.4 Å². The SMILES string of the molecule is CCOc1cc(C(=O)Nc2ccccc2S(=O)(=O)C(F)F)ccc1OCC(=O)N1CCCCC1. The molecule has 0 atom stereocenters. The number of halogens is 2. The van der Waals surface area contributed by atoms with Crippen LogP contribution in [0.25, 0.3) is 0 Å². The Hall–Kier alpha value is -3.21. The third-order valence-corrected chi connectivity index (χ3v) is 6.68. The van der Waals surface area contributed by atoms with Gasteiger partial charge in [-0.15, -0.1) is 0 Å². The van der Waals surface area contributed by atoms with Gasteiger partial charge in [0.25, 0.3) is 11.8 Å². The number of nitrogens with zero attached hydrogens (tertiary/aromatic N) is 1. The number of likely N-dealkylation sites (tertiary alicyclic amines) is 1. The van der Waals surface area contributed by atoms with Crippen LogP contribution < -0.4 is 14.8 Å². The average molecular weight is 497 g/mol. The van der Waals surface area contributed by atoms with E-state index in [2.05, 4.69) is 5.32 Å². The van der Waals surface area contributed by atoms with Gasteiger partial charge in [0.05, 0.1) is 17.2 Å². The molecule has 2 aromatic rings. The summed E-state index contributed by atoms with van der Waals surface area (Å²) < 4.78 is 61.1. The van der Waals surface area contributed by atoms with Gasteiger partial charge in [-0.25, -0.2) is 8.42 Å². The molecule has 0 aliphatic carbocycles. The Labute approximate surface area is 196 Å². The third-order valence-electron chi connectivity index (χ3n) is 5.24. The highest BCUT2D eigenvalue weighted by atomic mass is 32.2. The monoisotopic (exact) mass is 496 g/mol. The summed E-state index contributed by atoms with van der Waals surface area (Å²) in [6.07, 6.45) is 3.02. The van der Waals surface area contributed by atoms with E-state index in [0.29, 0.717) is 13.1 Å². The number of carbonyl (C=O) groups excluding carboxylic acids is 2. The minimum atomic E-state index is -4.91. The van der Waals surface area contributed by atoms with Gasteiger partial charge >= 0.3 is 5.76 Å². The number of ether oxygens (including phenoxy) is 2. The number of carbonyl (C=O) groups is 2. The third kappa shape index (κ3) is 6.02. The molecular weight excluding hydrogens is 470 g/mol. The van der Waals surface area contributed by atoms with Crippen LogP contribution in [0.3, 0.4) is 0 Å². The minimum Gasteiger partial charge on any atom is -0.490 e.